The number of carbonyl (C=O) groups is 1. The summed E-state index contributed by atoms with van der Waals surface area (Å²) in [7, 11) is -3.76. The van der Waals surface area contributed by atoms with Crippen LogP contribution >= 0.6 is 0 Å². The number of rotatable bonds is 4. The first-order valence-electron chi connectivity index (χ1n) is 7.72. The summed E-state index contributed by atoms with van der Waals surface area (Å²) in [6, 6.07) is 11.3. The van der Waals surface area contributed by atoms with Gasteiger partial charge in [0.05, 0.1) is 18.9 Å². The van der Waals surface area contributed by atoms with Crippen molar-refractivity contribution in [1.29, 1.82) is 0 Å². The number of halogens is 1. The number of nitrogens with zero attached hydrogens (tertiary/aromatic N) is 1. The Bertz CT molecular complexity index is 880. The quantitative estimate of drug-likeness (QED) is 0.901. The molecule has 0 radical (unpaired) electrons. The van der Waals surface area contributed by atoms with Crippen LogP contribution in [0.2, 0.25) is 0 Å². The molecule has 132 valence electrons. The first-order chi connectivity index (χ1) is 12.0. The third kappa shape index (κ3) is 3.87. The number of benzene rings is 2. The molecule has 0 aromatic heterocycles. The van der Waals surface area contributed by atoms with Gasteiger partial charge in [-0.1, -0.05) is 18.2 Å². The second kappa shape index (κ2) is 7.30. The van der Waals surface area contributed by atoms with Gasteiger partial charge < -0.3 is 10.1 Å². The van der Waals surface area contributed by atoms with E-state index in [-0.39, 0.29) is 29.2 Å². The lowest BCUT2D eigenvalue weighted by Gasteiger charge is -2.26. The van der Waals surface area contributed by atoms with E-state index >= 15 is 0 Å². The number of hydrogen-bond donors (Lipinski definition) is 1. The van der Waals surface area contributed by atoms with Crippen molar-refractivity contribution in [3.8, 4) is 0 Å². The maximum absolute atomic E-state index is 13.3. The molecule has 0 atom stereocenters. The van der Waals surface area contributed by atoms with Crippen LogP contribution in [0.1, 0.15) is 10.4 Å². The van der Waals surface area contributed by atoms with Gasteiger partial charge in [-0.3, -0.25) is 4.79 Å². The van der Waals surface area contributed by atoms with Gasteiger partial charge in [-0.15, -0.1) is 0 Å². The molecule has 8 heteroatoms. The van der Waals surface area contributed by atoms with Crippen LogP contribution in [-0.2, 0) is 14.8 Å². The molecule has 1 aliphatic heterocycles. The standard InChI is InChI=1S/C17H17FN2O4S/c18-14-5-3-4-13(12-14)17(21)19-15-6-1-2-7-16(15)25(22,23)20-8-10-24-11-9-20/h1-7,12H,8-11H2,(H,19,21). The Morgan fingerprint density at radius 2 is 1.80 bits per heavy atom. The smallest absolute Gasteiger partial charge is 0.255 e. The molecule has 0 bridgehead atoms. The number of anilines is 1. The van der Waals surface area contributed by atoms with Crippen molar-refractivity contribution >= 4 is 21.6 Å². The summed E-state index contributed by atoms with van der Waals surface area (Å²) in [5.74, 6) is -1.12. The largest absolute Gasteiger partial charge is 0.379 e. The number of amides is 1. The fraction of sp³-hybridized carbons (Fsp3) is 0.235. The van der Waals surface area contributed by atoms with Crippen molar-refractivity contribution < 1.29 is 22.3 Å². The fourth-order valence-corrected chi connectivity index (χ4v) is 4.10. The van der Waals surface area contributed by atoms with E-state index in [2.05, 4.69) is 5.32 Å². The van der Waals surface area contributed by atoms with E-state index in [1.54, 1.807) is 12.1 Å². The Hall–Kier alpha value is -2.29. The van der Waals surface area contributed by atoms with Gasteiger partial charge in [-0.2, -0.15) is 4.31 Å². The molecule has 6 nitrogen and oxygen atoms in total. The number of hydrogen-bond acceptors (Lipinski definition) is 4. The van der Waals surface area contributed by atoms with Crippen molar-refractivity contribution in [2.45, 2.75) is 4.90 Å². The average molecular weight is 364 g/mol. The molecule has 0 saturated carbocycles. The first-order valence-corrected chi connectivity index (χ1v) is 9.16. The molecule has 0 unspecified atom stereocenters. The minimum absolute atomic E-state index is 0.00153. The molecular formula is C17H17FN2O4S. The fourth-order valence-electron chi connectivity index (χ4n) is 2.55. The predicted octanol–water partition coefficient (Wildman–Crippen LogP) is 2.10. The van der Waals surface area contributed by atoms with Crippen LogP contribution < -0.4 is 5.32 Å². The van der Waals surface area contributed by atoms with Crippen LogP contribution in [0.5, 0.6) is 0 Å². The van der Waals surface area contributed by atoms with Crippen LogP contribution in [0.4, 0.5) is 10.1 Å². The zero-order valence-corrected chi connectivity index (χ0v) is 14.1. The zero-order chi connectivity index (χ0) is 17.9. The van der Waals surface area contributed by atoms with E-state index in [0.717, 1.165) is 6.07 Å². The number of ether oxygens (including phenoxy) is 1. The van der Waals surface area contributed by atoms with Gasteiger partial charge in [0.25, 0.3) is 5.91 Å². The zero-order valence-electron chi connectivity index (χ0n) is 13.3. The van der Waals surface area contributed by atoms with E-state index in [1.807, 2.05) is 0 Å². The number of nitrogens with one attached hydrogen (secondary N) is 1. The second-order valence-corrected chi connectivity index (χ2v) is 7.38. The van der Waals surface area contributed by atoms with Crippen LogP contribution in [-0.4, -0.2) is 44.9 Å². The molecule has 1 saturated heterocycles. The maximum atomic E-state index is 13.3. The Labute approximate surface area is 145 Å². The Morgan fingerprint density at radius 1 is 1.08 bits per heavy atom. The monoisotopic (exact) mass is 364 g/mol. The molecule has 1 heterocycles. The maximum Gasteiger partial charge on any atom is 0.255 e. The lowest BCUT2D eigenvalue weighted by atomic mass is 10.2. The summed E-state index contributed by atoms with van der Waals surface area (Å²) in [4.78, 5) is 12.3. The van der Waals surface area contributed by atoms with Crippen molar-refractivity contribution in [2.75, 3.05) is 31.6 Å². The summed E-state index contributed by atoms with van der Waals surface area (Å²) < 4.78 is 45.5. The molecule has 0 aliphatic carbocycles. The van der Waals surface area contributed by atoms with Crippen molar-refractivity contribution in [2.24, 2.45) is 0 Å². The van der Waals surface area contributed by atoms with Gasteiger partial charge >= 0.3 is 0 Å². The molecular weight excluding hydrogens is 347 g/mol. The SMILES string of the molecule is O=C(Nc1ccccc1S(=O)(=O)N1CCOCC1)c1cccc(F)c1. The molecule has 1 amide bonds. The van der Waals surface area contributed by atoms with Gasteiger partial charge in [0, 0.05) is 18.7 Å². The topological polar surface area (TPSA) is 75.7 Å². The third-order valence-electron chi connectivity index (χ3n) is 3.81. The molecule has 1 aliphatic rings. The molecule has 2 aromatic rings. The number of sulfonamides is 1. The highest BCUT2D eigenvalue weighted by atomic mass is 32.2. The van der Waals surface area contributed by atoms with Gasteiger partial charge in [0.15, 0.2) is 0 Å². The van der Waals surface area contributed by atoms with Gasteiger partial charge in [0.2, 0.25) is 10.0 Å². The normalized spacial score (nSPS) is 15.7. The van der Waals surface area contributed by atoms with Gasteiger partial charge in [-0.25, -0.2) is 12.8 Å². The van der Waals surface area contributed by atoms with E-state index in [0.29, 0.717) is 13.2 Å². The summed E-state index contributed by atoms with van der Waals surface area (Å²) in [6.45, 7) is 1.18. The molecule has 1 fully saturated rings. The van der Waals surface area contributed by atoms with Crippen LogP contribution in [0, 0.1) is 5.82 Å². The summed E-state index contributed by atoms with van der Waals surface area (Å²) in [6.07, 6.45) is 0. The highest BCUT2D eigenvalue weighted by Crippen LogP contribution is 2.25. The summed E-state index contributed by atoms with van der Waals surface area (Å²) in [5, 5.41) is 2.56. The van der Waals surface area contributed by atoms with E-state index in [1.165, 1.54) is 34.6 Å². The Kier molecular flexibility index (Phi) is 5.12. The first kappa shape index (κ1) is 17.5. The summed E-state index contributed by atoms with van der Waals surface area (Å²) in [5.41, 5.74) is 0.266. The predicted molar refractivity (Wildman–Crippen MR) is 90.4 cm³/mol. The number of carbonyl (C=O) groups excluding carboxylic acids is 1. The number of para-hydroxylation sites is 1. The van der Waals surface area contributed by atoms with E-state index < -0.39 is 21.7 Å². The van der Waals surface area contributed by atoms with Crippen molar-refractivity contribution in [3.05, 3.63) is 59.9 Å². The number of morpholine rings is 1. The van der Waals surface area contributed by atoms with Crippen molar-refractivity contribution in [3.63, 3.8) is 0 Å². The minimum Gasteiger partial charge on any atom is -0.379 e. The van der Waals surface area contributed by atoms with E-state index in [4.69, 9.17) is 4.74 Å². The van der Waals surface area contributed by atoms with Crippen molar-refractivity contribution in [1.82, 2.24) is 4.31 Å². The molecule has 2 aromatic carbocycles. The average Bonchev–Trinajstić information content (AvgIpc) is 2.63. The second-order valence-electron chi connectivity index (χ2n) is 5.48. The highest BCUT2D eigenvalue weighted by molar-refractivity contribution is 7.89. The lowest BCUT2D eigenvalue weighted by Crippen LogP contribution is -2.40. The Balaban J connectivity index is 1.89. The Morgan fingerprint density at radius 3 is 2.52 bits per heavy atom. The van der Waals surface area contributed by atoms with Gasteiger partial charge in [0.1, 0.15) is 10.7 Å². The van der Waals surface area contributed by atoms with Gasteiger partial charge in [-0.05, 0) is 30.3 Å². The van der Waals surface area contributed by atoms with E-state index in [9.17, 15) is 17.6 Å². The lowest BCUT2D eigenvalue weighted by molar-refractivity contribution is 0.0730. The minimum atomic E-state index is -3.76. The summed E-state index contributed by atoms with van der Waals surface area (Å²) >= 11 is 0. The van der Waals surface area contributed by atoms with Crippen LogP contribution in [0.15, 0.2) is 53.4 Å². The molecule has 0 spiro atoms. The third-order valence-corrected chi connectivity index (χ3v) is 5.77. The molecule has 3 rings (SSSR count). The highest BCUT2D eigenvalue weighted by Gasteiger charge is 2.28. The van der Waals surface area contributed by atoms with Crippen LogP contribution in [0.3, 0.4) is 0 Å². The molecule has 1 N–H and O–H groups in total. The van der Waals surface area contributed by atoms with Crippen LogP contribution in [0.25, 0.3) is 0 Å². The molecule has 25 heavy (non-hydrogen) atoms.